The Balaban J connectivity index is 1.43. The van der Waals surface area contributed by atoms with Gasteiger partial charge in [-0.25, -0.2) is 15.0 Å². The van der Waals surface area contributed by atoms with E-state index in [9.17, 15) is 14.0 Å². The molecule has 1 aromatic carbocycles. The molecule has 0 spiro atoms. The first-order chi connectivity index (χ1) is 16.9. The third-order valence-electron chi connectivity index (χ3n) is 5.85. The van der Waals surface area contributed by atoms with E-state index in [1.165, 1.54) is 19.2 Å². The smallest absolute Gasteiger partial charge is 0.264 e. The van der Waals surface area contributed by atoms with Crippen molar-refractivity contribution in [1.82, 2.24) is 19.5 Å². The van der Waals surface area contributed by atoms with Crippen LogP contribution < -0.4 is 20.5 Å². The number of nitrogens with one attached hydrogen (secondary N) is 1. The quantitative estimate of drug-likeness (QED) is 0.468. The van der Waals surface area contributed by atoms with Crippen LogP contribution in [0.1, 0.15) is 19.8 Å². The van der Waals surface area contributed by atoms with Gasteiger partial charge in [-0.05, 0) is 37.1 Å². The Morgan fingerprint density at radius 2 is 1.91 bits per heavy atom. The van der Waals surface area contributed by atoms with Crippen molar-refractivity contribution in [1.29, 1.82) is 0 Å². The van der Waals surface area contributed by atoms with Crippen molar-refractivity contribution in [2.75, 3.05) is 23.3 Å². The van der Waals surface area contributed by atoms with Crippen molar-refractivity contribution in [2.24, 2.45) is 7.05 Å². The monoisotopic (exact) mass is 474 g/mol. The molecule has 10 heteroatoms. The number of carbonyl (C=O) groups excluding carboxylic acids is 1. The lowest BCUT2D eigenvalue weighted by molar-refractivity contribution is -0.114. The van der Waals surface area contributed by atoms with Crippen LogP contribution in [0.4, 0.5) is 16.2 Å². The van der Waals surface area contributed by atoms with Crippen LogP contribution in [0.5, 0.6) is 11.5 Å². The number of benzene rings is 1. The molecular weight excluding hydrogens is 451 g/mol. The van der Waals surface area contributed by atoms with Crippen LogP contribution in [0.3, 0.4) is 0 Å². The number of rotatable bonds is 5. The van der Waals surface area contributed by atoms with Crippen molar-refractivity contribution in [3.63, 3.8) is 0 Å². The molecule has 0 saturated carbocycles. The van der Waals surface area contributed by atoms with E-state index in [2.05, 4.69) is 25.2 Å². The number of hydrogen-bond donors (Lipinski definition) is 1. The van der Waals surface area contributed by atoms with E-state index in [1.807, 2.05) is 6.07 Å². The fraction of sp³-hybridized carbons (Fsp3) is 0.240. The maximum absolute atomic E-state index is 14.6. The molecule has 4 heterocycles. The Hall–Kier alpha value is -4.34. The highest BCUT2D eigenvalue weighted by Gasteiger charge is 2.19. The van der Waals surface area contributed by atoms with Crippen molar-refractivity contribution in [3.05, 3.63) is 65.0 Å². The summed E-state index contributed by atoms with van der Waals surface area (Å²) in [7, 11) is 1.73. The first-order valence-corrected chi connectivity index (χ1v) is 11.2. The number of aromatic nitrogens is 4. The van der Waals surface area contributed by atoms with E-state index in [0.717, 1.165) is 31.3 Å². The highest BCUT2D eigenvalue weighted by Crippen LogP contribution is 2.30. The Morgan fingerprint density at radius 1 is 1.11 bits per heavy atom. The molecule has 1 aliphatic rings. The number of nitrogens with zero attached hydrogens (tertiary/aromatic N) is 5. The van der Waals surface area contributed by atoms with Gasteiger partial charge in [-0.15, -0.1) is 0 Å². The van der Waals surface area contributed by atoms with E-state index >= 15 is 0 Å². The Labute approximate surface area is 200 Å². The average Bonchev–Trinajstić information content (AvgIpc) is 3.37. The molecule has 1 saturated heterocycles. The second kappa shape index (κ2) is 9.13. The van der Waals surface area contributed by atoms with E-state index in [0.29, 0.717) is 28.5 Å². The molecule has 4 aromatic rings. The summed E-state index contributed by atoms with van der Waals surface area (Å²) < 4.78 is 21.9. The van der Waals surface area contributed by atoms with Crippen molar-refractivity contribution < 1.29 is 13.9 Å². The molecule has 3 aromatic heterocycles. The van der Waals surface area contributed by atoms with E-state index in [-0.39, 0.29) is 17.1 Å². The van der Waals surface area contributed by atoms with Gasteiger partial charge in [-0.1, -0.05) is 6.07 Å². The first-order valence-electron chi connectivity index (χ1n) is 11.2. The third kappa shape index (κ3) is 4.42. The highest BCUT2D eigenvalue weighted by atomic mass is 19.1. The molecule has 0 bridgehead atoms. The fourth-order valence-electron chi connectivity index (χ4n) is 4.13. The van der Waals surface area contributed by atoms with Gasteiger partial charge in [-0.2, -0.15) is 4.39 Å². The zero-order chi connectivity index (χ0) is 24.5. The average molecular weight is 474 g/mol. The molecule has 5 rings (SSSR count). The summed E-state index contributed by atoms with van der Waals surface area (Å²) in [5.74, 6) is -0.412. The second-order valence-electron chi connectivity index (χ2n) is 8.34. The fourth-order valence-corrected chi connectivity index (χ4v) is 4.13. The summed E-state index contributed by atoms with van der Waals surface area (Å²) >= 11 is 0. The largest absolute Gasteiger partial charge is 0.454 e. The minimum absolute atomic E-state index is 0.0691. The van der Waals surface area contributed by atoms with Gasteiger partial charge in [0.2, 0.25) is 17.7 Å². The Kier molecular flexibility index (Phi) is 5.86. The standard InChI is InChI=1S/C25H23FN6O3/c1-15(33)29-23-22(26)21(9-10-27-23)35-17-6-8-19-16(13-17)5-7-20(30-19)18-14-28-25(31(2)24(18)34)32-11-3-4-12-32/h5-10,13-14H,3-4,11-12H2,1-2H3,(H,27,29,33). The van der Waals surface area contributed by atoms with Gasteiger partial charge in [0.15, 0.2) is 11.6 Å². The molecule has 1 amide bonds. The van der Waals surface area contributed by atoms with Crippen molar-refractivity contribution in [3.8, 4) is 22.8 Å². The number of ether oxygens (including phenoxy) is 1. The molecule has 0 aliphatic carbocycles. The lowest BCUT2D eigenvalue weighted by Gasteiger charge is -2.19. The summed E-state index contributed by atoms with van der Waals surface area (Å²) in [6, 6.07) is 10.1. The molecular formula is C25H23FN6O3. The predicted molar refractivity (Wildman–Crippen MR) is 130 cm³/mol. The van der Waals surface area contributed by atoms with Gasteiger partial charge in [-0.3, -0.25) is 14.2 Å². The molecule has 0 radical (unpaired) electrons. The third-order valence-corrected chi connectivity index (χ3v) is 5.85. The van der Waals surface area contributed by atoms with Gasteiger partial charge in [0.1, 0.15) is 5.75 Å². The van der Waals surface area contributed by atoms with Crippen LogP contribution in [-0.4, -0.2) is 38.5 Å². The van der Waals surface area contributed by atoms with E-state index < -0.39 is 11.7 Å². The van der Waals surface area contributed by atoms with Crippen LogP contribution in [0.2, 0.25) is 0 Å². The van der Waals surface area contributed by atoms with Crippen molar-refractivity contribution >= 4 is 28.6 Å². The summed E-state index contributed by atoms with van der Waals surface area (Å²) in [6.45, 7) is 3.07. The van der Waals surface area contributed by atoms with E-state index in [1.54, 1.807) is 42.1 Å². The van der Waals surface area contributed by atoms with Gasteiger partial charge >= 0.3 is 0 Å². The lowest BCUT2D eigenvalue weighted by Crippen LogP contribution is -2.30. The maximum atomic E-state index is 14.6. The molecule has 0 unspecified atom stereocenters. The molecule has 0 atom stereocenters. The topological polar surface area (TPSA) is 102 Å². The summed E-state index contributed by atoms with van der Waals surface area (Å²) in [5, 5.41) is 3.08. The minimum atomic E-state index is -0.767. The Morgan fingerprint density at radius 3 is 2.69 bits per heavy atom. The summed E-state index contributed by atoms with van der Waals surface area (Å²) in [4.78, 5) is 39.4. The molecule has 9 nitrogen and oxygen atoms in total. The molecule has 1 aliphatic heterocycles. The van der Waals surface area contributed by atoms with Crippen molar-refractivity contribution in [2.45, 2.75) is 19.8 Å². The number of pyridine rings is 2. The van der Waals surface area contributed by atoms with E-state index in [4.69, 9.17) is 4.74 Å². The Bertz CT molecular complexity index is 1500. The number of amides is 1. The van der Waals surface area contributed by atoms with Crippen LogP contribution in [0.15, 0.2) is 53.6 Å². The maximum Gasteiger partial charge on any atom is 0.264 e. The van der Waals surface area contributed by atoms with Crippen LogP contribution in [-0.2, 0) is 11.8 Å². The molecule has 1 N–H and O–H groups in total. The predicted octanol–water partition coefficient (Wildman–Crippen LogP) is 3.88. The number of fused-ring (bicyclic) bond motifs is 1. The number of hydrogen-bond acceptors (Lipinski definition) is 7. The number of anilines is 2. The lowest BCUT2D eigenvalue weighted by atomic mass is 10.1. The molecule has 1 fully saturated rings. The minimum Gasteiger partial charge on any atom is -0.454 e. The first kappa shape index (κ1) is 22.5. The van der Waals surface area contributed by atoms with Gasteiger partial charge in [0.25, 0.3) is 5.56 Å². The van der Waals surface area contributed by atoms with Crippen LogP contribution >= 0.6 is 0 Å². The van der Waals surface area contributed by atoms with Crippen LogP contribution in [0, 0.1) is 5.82 Å². The second-order valence-corrected chi connectivity index (χ2v) is 8.34. The summed E-state index contributed by atoms with van der Waals surface area (Å²) in [6.07, 6.45) is 5.13. The van der Waals surface area contributed by atoms with Crippen LogP contribution in [0.25, 0.3) is 22.2 Å². The molecule has 35 heavy (non-hydrogen) atoms. The normalized spacial score (nSPS) is 13.3. The highest BCUT2D eigenvalue weighted by molar-refractivity contribution is 5.88. The summed E-state index contributed by atoms with van der Waals surface area (Å²) in [5.41, 5.74) is 1.43. The van der Waals surface area contributed by atoms with Gasteiger partial charge < -0.3 is 15.0 Å². The SMILES string of the molecule is CC(=O)Nc1nccc(Oc2ccc3nc(-c4cnc(N5CCCC5)n(C)c4=O)ccc3c2)c1F. The number of carbonyl (C=O) groups is 1. The molecule has 178 valence electrons. The zero-order valence-corrected chi connectivity index (χ0v) is 19.3. The number of halogens is 1. The zero-order valence-electron chi connectivity index (χ0n) is 19.3. The van der Waals surface area contributed by atoms with Gasteiger partial charge in [0.05, 0.1) is 16.8 Å². The van der Waals surface area contributed by atoms with Gasteiger partial charge in [0, 0.05) is 50.9 Å².